The van der Waals surface area contributed by atoms with Gasteiger partial charge in [-0.25, -0.2) is 0 Å². The summed E-state index contributed by atoms with van der Waals surface area (Å²) in [5.41, 5.74) is 7.30. The van der Waals surface area contributed by atoms with E-state index in [1.807, 2.05) is 19.1 Å². The van der Waals surface area contributed by atoms with Crippen molar-refractivity contribution >= 4 is 0 Å². The summed E-state index contributed by atoms with van der Waals surface area (Å²) < 4.78 is 0. The molecule has 0 radical (unpaired) electrons. The molecule has 0 aliphatic carbocycles. The van der Waals surface area contributed by atoms with Crippen LogP contribution in [0.5, 0.6) is 0 Å². The Morgan fingerprint density at radius 3 is 2.50 bits per heavy atom. The van der Waals surface area contributed by atoms with Gasteiger partial charge in [-0.15, -0.1) is 0 Å². The van der Waals surface area contributed by atoms with Crippen LogP contribution in [0.3, 0.4) is 0 Å². The van der Waals surface area contributed by atoms with Crippen molar-refractivity contribution in [2.24, 2.45) is 5.73 Å². The number of pyridine rings is 1. The molecule has 0 aliphatic heterocycles. The number of unbranched alkanes of at least 4 members (excludes halogenated alkanes) is 1. The van der Waals surface area contributed by atoms with Crippen molar-refractivity contribution in [3.63, 3.8) is 0 Å². The van der Waals surface area contributed by atoms with Crippen LogP contribution in [0.25, 0.3) is 0 Å². The quantitative estimate of drug-likeness (QED) is 0.736. The highest BCUT2D eigenvalue weighted by atomic mass is 16.3. The zero-order chi connectivity index (χ0) is 13.4. The minimum Gasteiger partial charge on any atom is -0.395 e. The third-order valence-electron chi connectivity index (χ3n) is 3.13. The third-order valence-corrected chi connectivity index (χ3v) is 3.13. The molecule has 2 atom stereocenters. The molecular weight excluding hydrogens is 226 g/mol. The van der Waals surface area contributed by atoms with Gasteiger partial charge in [-0.05, 0) is 37.6 Å². The Hall–Kier alpha value is -0.970. The molecule has 1 heterocycles. The first-order valence-corrected chi connectivity index (χ1v) is 6.71. The molecule has 1 aromatic rings. The number of aliphatic hydroxyl groups excluding tert-OH is 1. The average Bonchev–Trinajstić information content (AvgIpc) is 2.37. The molecule has 0 spiro atoms. The fourth-order valence-corrected chi connectivity index (χ4v) is 2.29. The maximum Gasteiger partial charge on any atom is 0.0558 e. The summed E-state index contributed by atoms with van der Waals surface area (Å²) in [7, 11) is 0. The fraction of sp³-hybridized carbons (Fsp3) is 0.643. The number of aromatic nitrogens is 1. The summed E-state index contributed by atoms with van der Waals surface area (Å²) in [6.45, 7) is 5.98. The average molecular weight is 251 g/mol. The van der Waals surface area contributed by atoms with Crippen LogP contribution < -0.4 is 5.73 Å². The van der Waals surface area contributed by atoms with Crippen molar-refractivity contribution in [1.82, 2.24) is 9.88 Å². The molecule has 0 bridgehead atoms. The van der Waals surface area contributed by atoms with Crippen molar-refractivity contribution in [3.8, 4) is 0 Å². The van der Waals surface area contributed by atoms with E-state index >= 15 is 0 Å². The predicted octanol–water partition coefficient (Wildman–Crippen LogP) is 1.56. The van der Waals surface area contributed by atoms with Gasteiger partial charge in [0, 0.05) is 31.0 Å². The molecule has 0 amide bonds. The summed E-state index contributed by atoms with van der Waals surface area (Å²) in [5.74, 6) is 0. The van der Waals surface area contributed by atoms with Gasteiger partial charge in [0.1, 0.15) is 0 Å². The minimum absolute atomic E-state index is 0.0239. The molecule has 4 heteroatoms. The first-order chi connectivity index (χ1) is 8.70. The maximum absolute atomic E-state index is 9.22. The fourth-order valence-electron chi connectivity index (χ4n) is 2.29. The summed E-state index contributed by atoms with van der Waals surface area (Å²) in [6.07, 6.45) is 5.85. The Labute approximate surface area is 110 Å². The van der Waals surface area contributed by atoms with E-state index in [1.165, 1.54) is 5.56 Å². The molecule has 0 aliphatic rings. The van der Waals surface area contributed by atoms with Gasteiger partial charge < -0.3 is 10.8 Å². The van der Waals surface area contributed by atoms with Crippen LogP contribution in [0.2, 0.25) is 0 Å². The Bertz CT molecular complexity index is 316. The first-order valence-electron chi connectivity index (χ1n) is 6.71. The van der Waals surface area contributed by atoms with Gasteiger partial charge >= 0.3 is 0 Å². The Morgan fingerprint density at radius 2 is 2.00 bits per heavy atom. The van der Waals surface area contributed by atoms with Gasteiger partial charge in [0.15, 0.2) is 0 Å². The normalized spacial score (nSPS) is 14.7. The van der Waals surface area contributed by atoms with E-state index in [1.54, 1.807) is 12.4 Å². The largest absolute Gasteiger partial charge is 0.395 e. The van der Waals surface area contributed by atoms with E-state index in [0.717, 1.165) is 19.4 Å². The second kappa shape index (κ2) is 8.19. The van der Waals surface area contributed by atoms with Crippen LogP contribution in [0.1, 0.15) is 38.3 Å². The van der Waals surface area contributed by atoms with E-state index < -0.39 is 0 Å². The van der Waals surface area contributed by atoms with Gasteiger partial charge in [-0.3, -0.25) is 9.88 Å². The highest BCUT2D eigenvalue weighted by molar-refractivity contribution is 5.17. The predicted molar refractivity (Wildman–Crippen MR) is 74.2 cm³/mol. The van der Waals surface area contributed by atoms with Crippen molar-refractivity contribution in [2.75, 3.05) is 19.7 Å². The number of hydrogen-bond acceptors (Lipinski definition) is 4. The van der Waals surface area contributed by atoms with Crippen LogP contribution in [0, 0.1) is 0 Å². The summed E-state index contributed by atoms with van der Waals surface area (Å²) in [6, 6.07) is 4.18. The molecule has 4 nitrogen and oxygen atoms in total. The summed E-state index contributed by atoms with van der Waals surface area (Å²) >= 11 is 0. The summed E-state index contributed by atoms with van der Waals surface area (Å²) in [4.78, 5) is 6.31. The monoisotopic (exact) mass is 251 g/mol. The van der Waals surface area contributed by atoms with E-state index in [-0.39, 0.29) is 18.7 Å². The lowest BCUT2D eigenvalue weighted by Gasteiger charge is -2.34. The van der Waals surface area contributed by atoms with Crippen LogP contribution in [0.4, 0.5) is 0 Å². The van der Waals surface area contributed by atoms with Crippen LogP contribution in [-0.4, -0.2) is 40.7 Å². The smallest absolute Gasteiger partial charge is 0.0558 e. The van der Waals surface area contributed by atoms with Gasteiger partial charge in [0.25, 0.3) is 0 Å². The Morgan fingerprint density at radius 1 is 1.33 bits per heavy atom. The highest BCUT2D eigenvalue weighted by Crippen LogP contribution is 2.23. The van der Waals surface area contributed by atoms with Gasteiger partial charge in [-0.1, -0.05) is 13.3 Å². The van der Waals surface area contributed by atoms with Gasteiger partial charge in [0.2, 0.25) is 0 Å². The zero-order valence-electron chi connectivity index (χ0n) is 11.4. The number of hydrogen-bond donors (Lipinski definition) is 2. The number of rotatable bonds is 8. The number of aliphatic hydroxyl groups is 1. The van der Waals surface area contributed by atoms with Crippen molar-refractivity contribution < 1.29 is 5.11 Å². The van der Waals surface area contributed by atoms with Crippen molar-refractivity contribution in [1.29, 1.82) is 0 Å². The molecule has 0 fully saturated rings. The molecule has 3 N–H and O–H groups in total. The van der Waals surface area contributed by atoms with Crippen molar-refractivity contribution in [2.45, 2.75) is 38.8 Å². The van der Waals surface area contributed by atoms with E-state index in [9.17, 15) is 5.11 Å². The Kier molecular flexibility index (Phi) is 6.86. The summed E-state index contributed by atoms with van der Waals surface area (Å²) in [5, 5.41) is 9.22. The third kappa shape index (κ3) is 4.37. The molecule has 18 heavy (non-hydrogen) atoms. The standard InChI is InChI=1S/C14H25N3O/c1-3-4-9-17(10-11-18)14(12(2)15)13-5-7-16-8-6-13/h5-8,12,14,18H,3-4,9-11,15H2,1-2H3. The number of nitrogens with zero attached hydrogens (tertiary/aromatic N) is 2. The molecule has 0 saturated carbocycles. The van der Waals surface area contributed by atoms with Crippen LogP contribution in [0.15, 0.2) is 24.5 Å². The molecule has 1 aromatic heterocycles. The molecule has 2 unspecified atom stereocenters. The van der Waals surface area contributed by atoms with E-state index in [2.05, 4.69) is 16.8 Å². The topological polar surface area (TPSA) is 62.4 Å². The second-order valence-electron chi connectivity index (χ2n) is 4.70. The van der Waals surface area contributed by atoms with Crippen LogP contribution >= 0.6 is 0 Å². The number of nitrogens with two attached hydrogens (primary N) is 1. The van der Waals surface area contributed by atoms with Gasteiger partial charge in [-0.2, -0.15) is 0 Å². The lowest BCUT2D eigenvalue weighted by Crippen LogP contribution is -2.41. The highest BCUT2D eigenvalue weighted by Gasteiger charge is 2.23. The molecule has 0 aromatic carbocycles. The van der Waals surface area contributed by atoms with Gasteiger partial charge in [0.05, 0.1) is 6.61 Å². The van der Waals surface area contributed by atoms with Crippen molar-refractivity contribution in [3.05, 3.63) is 30.1 Å². The molecule has 0 saturated heterocycles. The molecule has 1 rings (SSSR count). The Balaban J connectivity index is 2.86. The minimum atomic E-state index is 0.0239. The lowest BCUT2D eigenvalue weighted by atomic mass is 10.00. The lowest BCUT2D eigenvalue weighted by molar-refractivity contribution is 0.135. The zero-order valence-corrected chi connectivity index (χ0v) is 11.4. The molecule has 102 valence electrons. The van der Waals surface area contributed by atoms with E-state index in [4.69, 9.17) is 5.73 Å². The molecular formula is C14H25N3O. The SMILES string of the molecule is CCCCN(CCO)C(c1ccncc1)C(C)N. The van der Waals surface area contributed by atoms with Crippen LogP contribution in [-0.2, 0) is 0 Å². The maximum atomic E-state index is 9.22. The first kappa shape index (κ1) is 15.1. The van der Waals surface area contributed by atoms with E-state index in [0.29, 0.717) is 6.54 Å². The second-order valence-corrected chi connectivity index (χ2v) is 4.70.